The lowest BCUT2D eigenvalue weighted by atomic mass is 10.2. The van der Waals surface area contributed by atoms with Crippen molar-refractivity contribution in [2.45, 2.75) is 13.8 Å². The molecule has 1 aromatic rings. The molecule has 0 atom stereocenters. The Balaban J connectivity index is 2.87. The predicted octanol–water partition coefficient (Wildman–Crippen LogP) is 2.33. The normalized spacial score (nSPS) is 12.2. The molecule has 0 saturated heterocycles. The van der Waals surface area contributed by atoms with Gasteiger partial charge in [-0.2, -0.15) is 0 Å². The summed E-state index contributed by atoms with van der Waals surface area (Å²) in [7, 11) is 0. The molecule has 15 heavy (non-hydrogen) atoms. The zero-order chi connectivity index (χ0) is 11.4. The highest BCUT2D eigenvalue weighted by atomic mass is 19.2. The first-order valence-electron chi connectivity index (χ1n) is 4.76. The van der Waals surface area contributed by atoms with Crippen molar-refractivity contribution < 1.29 is 8.78 Å². The van der Waals surface area contributed by atoms with Crippen molar-refractivity contribution in [3.8, 4) is 0 Å². The third kappa shape index (κ3) is 3.31. The number of benzene rings is 1. The topological polar surface area (TPSA) is 38.4 Å². The second kappa shape index (κ2) is 4.87. The maximum Gasteiger partial charge on any atom is 0.159 e. The number of amidine groups is 1. The van der Waals surface area contributed by atoms with Crippen molar-refractivity contribution in [1.82, 2.24) is 0 Å². The fourth-order valence-electron chi connectivity index (χ4n) is 1.03. The van der Waals surface area contributed by atoms with Crippen LogP contribution in [0, 0.1) is 17.6 Å². The summed E-state index contributed by atoms with van der Waals surface area (Å²) in [6, 6.07) is 3.51. The van der Waals surface area contributed by atoms with Crippen molar-refractivity contribution >= 4 is 5.84 Å². The molecule has 0 radical (unpaired) electrons. The van der Waals surface area contributed by atoms with Gasteiger partial charge in [-0.3, -0.25) is 4.99 Å². The number of rotatable bonds is 3. The zero-order valence-corrected chi connectivity index (χ0v) is 8.80. The summed E-state index contributed by atoms with van der Waals surface area (Å²) in [5.41, 5.74) is 6.03. The maximum absolute atomic E-state index is 12.9. The summed E-state index contributed by atoms with van der Waals surface area (Å²) < 4.78 is 25.5. The fourth-order valence-corrected chi connectivity index (χ4v) is 1.03. The van der Waals surface area contributed by atoms with Crippen molar-refractivity contribution in [2.75, 3.05) is 6.54 Å². The Morgan fingerprint density at radius 2 is 2.00 bits per heavy atom. The highest BCUT2D eigenvalue weighted by Crippen LogP contribution is 2.08. The van der Waals surface area contributed by atoms with Crippen LogP contribution >= 0.6 is 0 Å². The Hall–Kier alpha value is -1.45. The molecule has 0 aliphatic rings. The molecular formula is C11H14F2N2. The summed E-state index contributed by atoms with van der Waals surface area (Å²) in [6.45, 7) is 4.58. The first-order chi connectivity index (χ1) is 7.00. The number of nitrogens with two attached hydrogens (primary N) is 1. The Bertz CT molecular complexity index is 373. The minimum Gasteiger partial charge on any atom is -0.384 e. The van der Waals surface area contributed by atoms with Crippen LogP contribution in [-0.4, -0.2) is 12.4 Å². The summed E-state index contributed by atoms with van der Waals surface area (Å²) in [5.74, 6) is -1.16. The molecule has 0 bridgehead atoms. The SMILES string of the molecule is CC(C)CN=C(N)c1ccc(F)c(F)c1. The number of hydrogen-bond acceptors (Lipinski definition) is 1. The number of aliphatic imine (C=N–C) groups is 1. The van der Waals surface area contributed by atoms with Crippen LogP contribution in [0.15, 0.2) is 23.2 Å². The lowest BCUT2D eigenvalue weighted by Gasteiger charge is -2.03. The van der Waals surface area contributed by atoms with Gasteiger partial charge in [0.05, 0.1) is 0 Å². The fraction of sp³-hybridized carbons (Fsp3) is 0.364. The van der Waals surface area contributed by atoms with Crippen LogP contribution in [0.4, 0.5) is 8.78 Å². The zero-order valence-electron chi connectivity index (χ0n) is 8.80. The van der Waals surface area contributed by atoms with Gasteiger partial charge in [-0.1, -0.05) is 13.8 Å². The molecule has 0 heterocycles. The Labute approximate surface area is 87.8 Å². The van der Waals surface area contributed by atoms with Gasteiger partial charge in [0, 0.05) is 12.1 Å². The van der Waals surface area contributed by atoms with E-state index >= 15 is 0 Å². The van der Waals surface area contributed by atoms with Crippen LogP contribution in [-0.2, 0) is 0 Å². The second-order valence-corrected chi connectivity index (χ2v) is 3.75. The third-order valence-electron chi connectivity index (χ3n) is 1.84. The van der Waals surface area contributed by atoms with Crippen molar-refractivity contribution in [3.63, 3.8) is 0 Å². The maximum atomic E-state index is 12.9. The monoisotopic (exact) mass is 212 g/mol. The molecule has 0 aromatic heterocycles. The van der Waals surface area contributed by atoms with Gasteiger partial charge in [0.1, 0.15) is 5.84 Å². The molecule has 0 aliphatic carbocycles. The molecule has 0 spiro atoms. The summed E-state index contributed by atoms with van der Waals surface area (Å²) in [6.07, 6.45) is 0. The van der Waals surface area contributed by atoms with Crippen LogP contribution in [0.2, 0.25) is 0 Å². The van der Waals surface area contributed by atoms with E-state index in [4.69, 9.17) is 5.73 Å². The van der Waals surface area contributed by atoms with Crippen LogP contribution in [0.1, 0.15) is 19.4 Å². The van der Waals surface area contributed by atoms with E-state index in [2.05, 4.69) is 4.99 Å². The Kier molecular flexibility index (Phi) is 3.77. The average molecular weight is 212 g/mol. The lowest BCUT2D eigenvalue weighted by molar-refractivity contribution is 0.508. The van der Waals surface area contributed by atoms with E-state index in [0.717, 1.165) is 12.1 Å². The first-order valence-corrected chi connectivity index (χ1v) is 4.76. The quantitative estimate of drug-likeness (QED) is 0.606. The molecule has 2 N–H and O–H groups in total. The molecule has 1 rings (SSSR count). The van der Waals surface area contributed by atoms with Crippen molar-refractivity contribution in [2.24, 2.45) is 16.6 Å². The predicted molar refractivity (Wildman–Crippen MR) is 56.8 cm³/mol. The third-order valence-corrected chi connectivity index (χ3v) is 1.84. The Morgan fingerprint density at radius 3 is 2.53 bits per heavy atom. The highest BCUT2D eigenvalue weighted by molar-refractivity contribution is 5.97. The van der Waals surface area contributed by atoms with Gasteiger partial charge in [-0.15, -0.1) is 0 Å². The largest absolute Gasteiger partial charge is 0.384 e. The van der Waals surface area contributed by atoms with Crippen LogP contribution in [0.5, 0.6) is 0 Å². The molecule has 0 fully saturated rings. The summed E-state index contributed by atoms with van der Waals surface area (Å²) in [4.78, 5) is 4.07. The average Bonchev–Trinajstić information content (AvgIpc) is 2.18. The van der Waals surface area contributed by atoms with Gasteiger partial charge in [0.25, 0.3) is 0 Å². The van der Waals surface area contributed by atoms with E-state index in [0.29, 0.717) is 18.0 Å². The lowest BCUT2D eigenvalue weighted by Crippen LogP contribution is -2.15. The second-order valence-electron chi connectivity index (χ2n) is 3.75. The van der Waals surface area contributed by atoms with E-state index in [1.165, 1.54) is 6.07 Å². The standard InChI is InChI=1S/C11H14F2N2/c1-7(2)6-15-11(14)8-3-4-9(12)10(13)5-8/h3-5,7H,6H2,1-2H3,(H2,14,15). The molecule has 0 amide bonds. The van der Waals surface area contributed by atoms with E-state index in [9.17, 15) is 8.78 Å². The molecular weight excluding hydrogens is 198 g/mol. The molecule has 0 saturated carbocycles. The number of halogens is 2. The van der Waals surface area contributed by atoms with E-state index in [1.807, 2.05) is 13.8 Å². The number of nitrogens with zero attached hydrogens (tertiary/aromatic N) is 1. The van der Waals surface area contributed by atoms with Crippen LogP contribution < -0.4 is 5.73 Å². The van der Waals surface area contributed by atoms with Gasteiger partial charge >= 0.3 is 0 Å². The molecule has 4 heteroatoms. The van der Waals surface area contributed by atoms with E-state index in [1.54, 1.807) is 0 Å². The minimum absolute atomic E-state index is 0.239. The molecule has 1 aromatic carbocycles. The van der Waals surface area contributed by atoms with Crippen molar-refractivity contribution in [3.05, 3.63) is 35.4 Å². The van der Waals surface area contributed by atoms with E-state index in [-0.39, 0.29) is 5.84 Å². The minimum atomic E-state index is -0.907. The smallest absolute Gasteiger partial charge is 0.159 e. The first kappa shape index (κ1) is 11.6. The van der Waals surface area contributed by atoms with Gasteiger partial charge < -0.3 is 5.73 Å². The highest BCUT2D eigenvalue weighted by Gasteiger charge is 2.05. The summed E-state index contributed by atoms with van der Waals surface area (Å²) >= 11 is 0. The van der Waals surface area contributed by atoms with E-state index < -0.39 is 11.6 Å². The molecule has 0 unspecified atom stereocenters. The van der Waals surface area contributed by atoms with Gasteiger partial charge in [0.2, 0.25) is 0 Å². The molecule has 2 nitrogen and oxygen atoms in total. The molecule has 82 valence electrons. The van der Waals surface area contributed by atoms with Crippen LogP contribution in [0.25, 0.3) is 0 Å². The summed E-state index contributed by atoms with van der Waals surface area (Å²) in [5, 5.41) is 0. The molecule has 0 aliphatic heterocycles. The van der Waals surface area contributed by atoms with Crippen LogP contribution in [0.3, 0.4) is 0 Å². The van der Waals surface area contributed by atoms with Gasteiger partial charge in [-0.05, 0) is 24.1 Å². The number of hydrogen-bond donors (Lipinski definition) is 1. The van der Waals surface area contributed by atoms with Gasteiger partial charge in [-0.25, -0.2) is 8.78 Å². The van der Waals surface area contributed by atoms with Gasteiger partial charge in [0.15, 0.2) is 11.6 Å². The van der Waals surface area contributed by atoms with Crippen molar-refractivity contribution in [1.29, 1.82) is 0 Å². The Morgan fingerprint density at radius 1 is 1.33 bits per heavy atom.